The highest BCUT2D eigenvalue weighted by Crippen LogP contribution is 2.21. The number of thiazole rings is 1. The highest BCUT2D eigenvalue weighted by Gasteiger charge is 2.25. The summed E-state index contributed by atoms with van der Waals surface area (Å²) in [5, 5.41) is 6.57. The van der Waals surface area contributed by atoms with Crippen molar-refractivity contribution in [3.8, 4) is 0 Å². The van der Waals surface area contributed by atoms with E-state index in [-0.39, 0.29) is 0 Å². The Bertz CT molecular complexity index is 461. The summed E-state index contributed by atoms with van der Waals surface area (Å²) >= 11 is 1.69. The molecule has 2 aliphatic rings. The first-order chi connectivity index (χ1) is 9.72. The fourth-order valence-corrected chi connectivity index (χ4v) is 3.76. The fourth-order valence-electron chi connectivity index (χ4n) is 2.90. The zero-order valence-corrected chi connectivity index (χ0v) is 12.8. The number of piperazine rings is 1. The molecule has 5 nitrogen and oxygen atoms in total. The van der Waals surface area contributed by atoms with E-state index in [4.69, 9.17) is 0 Å². The lowest BCUT2D eigenvalue weighted by Gasteiger charge is -2.35. The molecule has 2 aliphatic heterocycles. The Morgan fingerprint density at radius 2 is 2.25 bits per heavy atom. The SMILES string of the molecule is Cc1csc(N2CCN(C(=O)CC3CCCN3)CC2)n1. The first kappa shape index (κ1) is 13.8. The lowest BCUT2D eigenvalue weighted by Crippen LogP contribution is -2.49. The van der Waals surface area contributed by atoms with Gasteiger partial charge >= 0.3 is 0 Å². The molecule has 1 aromatic rings. The molecule has 1 atom stereocenters. The number of anilines is 1. The molecule has 0 aromatic carbocycles. The van der Waals surface area contributed by atoms with E-state index >= 15 is 0 Å². The second-order valence-electron chi connectivity index (χ2n) is 5.64. The third kappa shape index (κ3) is 3.12. The van der Waals surface area contributed by atoms with Gasteiger partial charge in [-0.05, 0) is 26.3 Å². The standard InChI is InChI=1S/C14H22N4OS/c1-11-10-20-14(16-11)18-7-5-17(6-8-18)13(19)9-12-3-2-4-15-12/h10,12,15H,2-9H2,1H3. The molecule has 1 unspecified atom stereocenters. The highest BCUT2D eigenvalue weighted by atomic mass is 32.1. The molecular formula is C14H22N4OS. The van der Waals surface area contributed by atoms with Gasteiger partial charge in [-0.15, -0.1) is 11.3 Å². The summed E-state index contributed by atoms with van der Waals surface area (Å²) in [6.07, 6.45) is 3.01. The molecule has 1 aromatic heterocycles. The molecule has 2 fully saturated rings. The minimum atomic E-state index is 0.305. The van der Waals surface area contributed by atoms with E-state index in [2.05, 4.69) is 20.6 Å². The van der Waals surface area contributed by atoms with Gasteiger partial charge in [0.05, 0.1) is 5.69 Å². The molecule has 0 radical (unpaired) electrons. The number of hydrogen-bond acceptors (Lipinski definition) is 5. The average molecular weight is 294 g/mol. The van der Waals surface area contributed by atoms with Crippen LogP contribution in [0.3, 0.4) is 0 Å². The van der Waals surface area contributed by atoms with Crippen molar-refractivity contribution in [3.05, 3.63) is 11.1 Å². The van der Waals surface area contributed by atoms with Crippen molar-refractivity contribution in [2.75, 3.05) is 37.6 Å². The summed E-state index contributed by atoms with van der Waals surface area (Å²) in [5.74, 6) is 0.305. The van der Waals surface area contributed by atoms with E-state index in [9.17, 15) is 4.79 Å². The number of aryl methyl sites for hydroxylation is 1. The van der Waals surface area contributed by atoms with Gasteiger partial charge in [0.2, 0.25) is 5.91 Å². The third-order valence-electron chi connectivity index (χ3n) is 4.09. The minimum absolute atomic E-state index is 0.305. The van der Waals surface area contributed by atoms with Gasteiger partial charge in [0.25, 0.3) is 0 Å². The van der Waals surface area contributed by atoms with Crippen LogP contribution in [0.2, 0.25) is 0 Å². The molecule has 3 rings (SSSR count). The number of carbonyl (C=O) groups excluding carboxylic acids is 1. The summed E-state index contributed by atoms with van der Waals surface area (Å²) in [6, 6.07) is 0.405. The van der Waals surface area contributed by atoms with Crippen LogP contribution in [0.4, 0.5) is 5.13 Å². The van der Waals surface area contributed by atoms with E-state index in [1.807, 2.05) is 11.8 Å². The van der Waals surface area contributed by atoms with Crippen molar-refractivity contribution in [2.24, 2.45) is 0 Å². The maximum absolute atomic E-state index is 12.3. The van der Waals surface area contributed by atoms with E-state index in [1.165, 1.54) is 6.42 Å². The molecule has 0 saturated carbocycles. The van der Waals surface area contributed by atoms with Gasteiger partial charge in [-0.1, -0.05) is 0 Å². The van der Waals surface area contributed by atoms with Crippen LogP contribution in [0.15, 0.2) is 5.38 Å². The zero-order chi connectivity index (χ0) is 13.9. The van der Waals surface area contributed by atoms with Crippen LogP contribution in [0.5, 0.6) is 0 Å². The summed E-state index contributed by atoms with van der Waals surface area (Å²) < 4.78 is 0. The van der Waals surface area contributed by atoms with Gasteiger partial charge in [0.1, 0.15) is 0 Å². The van der Waals surface area contributed by atoms with E-state index in [0.29, 0.717) is 18.4 Å². The Morgan fingerprint density at radius 1 is 1.45 bits per heavy atom. The van der Waals surface area contributed by atoms with Crippen LogP contribution in [-0.2, 0) is 4.79 Å². The summed E-state index contributed by atoms with van der Waals surface area (Å²) in [4.78, 5) is 21.1. The van der Waals surface area contributed by atoms with Crippen LogP contribution in [0.25, 0.3) is 0 Å². The smallest absolute Gasteiger partial charge is 0.224 e. The Labute approximate surface area is 124 Å². The minimum Gasteiger partial charge on any atom is -0.345 e. The van der Waals surface area contributed by atoms with Crippen molar-refractivity contribution < 1.29 is 4.79 Å². The zero-order valence-electron chi connectivity index (χ0n) is 12.0. The molecule has 1 amide bonds. The Balaban J connectivity index is 1.49. The number of aromatic nitrogens is 1. The van der Waals surface area contributed by atoms with Crippen molar-refractivity contribution in [1.29, 1.82) is 0 Å². The quantitative estimate of drug-likeness (QED) is 0.911. The number of rotatable bonds is 3. The second-order valence-corrected chi connectivity index (χ2v) is 6.47. The predicted molar refractivity (Wildman–Crippen MR) is 81.3 cm³/mol. The van der Waals surface area contributed by atoms with Crippen molar-refractivity contribution in [1.82, 2.24) is 15.2 Å². The molecule has 0 aliphatic carbocycles. The maximum Gasteiger partial charge on any atom is 0.224 e. The van der Waals surface area contributed by atoms with E-state index < -0.39 is 0 Å². The van der Waals surface area contributed by atoms with Crippen molar-refractivity contribution in [3.63, 3.8) is 0 Å². The van der Waals surface area contributed by atoms with Crippen LogP contribution in [0, 0.1) is 6.92 Å². The number of nitrogens with one attached hydrogen (secondary N) is 1. The summed E-state index contributed by atoms with van der Waals surface area (Å²) in [5.41, 5.74) is 1.08. The number of carbonyl (C=O) groups is 1. The molecular weight excluding hydrogens is 272 g/mol. The van der Waals surface area contributed by atoms with Gasteiger partial charge in [-0.3, -0.25) is 4.79 Å². The molecule has 6 heteroatoms. The molecule has 20 heavy (non-hydrogen) atoms. The third-order valence-corrected chi connectivity index (χ3v) is 5.11. The summed E-state index contributed by atoms with van der Waals surface area (Å²) in [6.45, 7) is 6.53. The van der Waals surface area contributed by atoms with Crippen molar-refractivity contribution in [2.45, 2.75) is 32.2 Å². The Morgan fingerprint density at radius 3 is 2.85 bits per heavy atom. The van der Waals surface area contributed by atoms with Crippen LogP contribution in [0.1, 0.15) is 25.0 Å². The van der Waals surface area contributed by atoms with Crippen molar-refractivity contribution >= 4 is 22.4 Å². The number of amides is 1. The maximum atomic E-state index is 12.3. The molecule has 0 bridgehead atoms. The van der Waals surface area contributed by atoms with Gasteiger partial charge < -0.3 is 15.1 Å². The molecule has 3 heterocycles. The van der Waals surface area contributed by atoms with Gasteiger partial charge in [-0.25, -0.2) is 4.98 Å². The predicted octanol–water partition coefficient (Wildman–Crippen LogP) is 1.24. The number of nitrogens with zero attached hydrogens (tertiary/aromatic N) is 3. The Kier molecular flexibility index (Phi) is 4.21. The van der Waals surface area contributed by atoms with Gasteiger partial charge in [0, 0.05) is 44.0 Å². The van der Waals surface area contributed by atoms with Crippen LogP contribution >= 0.6 is 11.3 Å². The lowest BCUT2D eigenvalue weighted by molar-refractivity contribution is -0.131. The topological polar surface area (TPSA) is 48.5 Å². The molecule has 110 valence electrons. The fraction of sp³-hybridized carbons (Fsp3) is 0.714. The van der Waals surface area contributed by atoms with Crippen LogP contribution in [-0.4, -0.2) is 54.6 Å². The average Bonchev–Trinajstić information content (AvgIpc) is 3.10. The molecule has 0 spiro atoms. The second kappa shape index (κ2) is 6.10. The normalized spacial score (nSPS) is 23.4. The first-order valence-corrected chi connectivity index (χ1v) is 8.28. The number of hydrogen-bond donors (Lipinski definition) is 1. The summed E-state index contributed by atoms with van der Waals surface area (Å²) in [7, 11) is 0. The van der Waals surface area contributed by atoms with Gasteiger partial charge in [0.15, 0.2) is 5.13 Å². The van der Waals surface area contributed by atoms with Crippen LogP contribution < -0.4 is 10.2 Å². The monoisotopic (exact) mass is 294 g/mol. The van der Waals surface area contributed by atoms with E-state index in [1.54, 1.807) is 11.3 Å². The van der Waals surface area contributed by atoms with Gasteiger partial charge in [-0.2, -0.15) is 0 Å². The molecule has 1 N–H and O–H groups in total. The largest absolute Gasteiger partial charge is 0.345 e. The lowest BCUT2D eigenvalue weighted by atomic mass is 10.1. The van der Waals surface area contributed by atoms with E-state index in [0.717, 1.165) is 50.0 Å². The highest BCUT2D eigenvalue weighted by molar-refractivity contribution is 7.13. The molecule has 2 saturated heterocycles. The Hall–Kier alpha value is -1.14. The first-order valence-electron chi connectivity index (χ1n) is 7.40.